The van der Waals surface area contributed by atoms with Gasteiger partial charge in [-0.3, -0.25) is 4.79 Å². The molecule has 0 saturated carbocycles. The van der Waals surface area contributed by atoms with Gasteiger partial charge in [0.15, 0.2) is 5.78 Å². The van der Waals surface area contributed by atoms with Crippen LogP contribution in [0.4, 0.5) is 4.39 Å². The van der Waals surface area contributed by atoms with E-state index >= 15 is 0 Å². The highest BCUT2D eigenvalue weighted by atomic mass is 19.1. The molecule has 0 bridgehead atoms. The maximum Gasteiger partial charge on any atom is 0.170 e. The third-order valence-corrected chi connectivity index (χ3v) is 3.04. The van der Waals surface area contributed by atoms with Gasteiger partial charge in [-0.25, -0.2) is 4.39 Å². The van der Waals surface area contributed by atoms with Gasteiger partial charge in [0.1, 0.15) is 5.82 Å². The largest absolute Gasteiger partial charge is 0.294 e. The first-order chi connectivity index (χ1) is 8.58. The van der Waals surface area contributed by atoms with Crippen LogP contribution in [0.2, 0.25) is 0 Å². The average Bonchev–Trinajstić information content (AvgIpc) is 2.32. The van der Waals surface area contributed by atoms with E-state index in [9.17, 15) is 9.18 Å². The quantitative estimate of drug-likeness (QED) is 0.747. The van der Waals surface area contributed by atoms with E-state index in [1.165, 1.54) is 6.07 Å². The van der Waals surface area contributed by atoms with Gasteiger partial charge >= 0.3 is 0 Å². The van der Waals surface area contributed by atoms with Gasteiger partial charge < -0.3 is 0 Å². The second-order valence-corrected chi connectivity index (χ2v) is 4.51. The number of hydrogen-bond acceptors (Lipinski definition) is 1. The maximum atomic E-state index is 13.7. The Morgan fingerprint density at radius 3 is 2.50 bits per heavy atom. The molecule has 0 fully saturated rings. The molecule has 0 atom stereocenters. The summed E-state index contributed by atoms with van der Waals surface area (Å²) in [6.07, 6.45) is 0.243. The summed E-state index contributed by atoms with van der Waals surface area (Å²) in [7, 11) is 0. The van der Waals surface area contributed by atoms with Gasteiger partial charge in [-0.15, -0.1) is 0 Å². The monoisotopic (exact) mass is 242 g/mol. The van der Waals surface area contributed by atoms with Crippen LogP contribution < -0.4 is 0 Å². The van der Waals surface area contributed by atoms with E-state index in [1.807, 2.05) is 31.2 Å². The van der Waals surface area contributed by atoms with E-state index in [1.54, 1.807) is 19.1 Å². The van der Waals surface area contributed by atoms with Crippen molar-refractivity contribution in [2.45, 2.75) is 20.3 Å². The summed E-state index contributed by atoms with van der Waals surface area (Å²) in [5, 5.41) is 0. The SMILES string of the molecule is Cc1ccc(C(=O)Cc2ccccc2C)c(F)c1. The number of halogens is 1. The first-order valence-electron chi connectivity index (χ1n) is 5.92. The zero-order chi connectivity index (χ0) is 13.1. The molecule has 0 saturated heterocycles. The van der Waals surface area contributed by atoms with Crippen molar-refractivity contribution in [1.82, 2.24) is 0 Å². The number of ketones is 1. The van der Waals surface area contributed by atoms with Crippen LogP contribution in [0, 0.1) is 19.7 Å². The predicted molar refractivity (Wildman–Crippen MR) is 70.4 cm³/mol. The van der Waals surface area contributed by atoms with E-state index in [0.717, 1.165) is 16.7 Å². The Labute approximate surface area is 106 Å². The van der Waals surface area contributed by atoms with Crippen LogP contribution in [0.25, 0.3) is 0 Å². The summed E-state index contributed by atoms with van der Waals surface area (Å²) >= 11 is 0. The molecule has 0 aromatic heterocycles. The van der Waals surface area contributed by atoms with Crippen molar-refractivity contribution in [2.75, 3.05) is 0 Å². The van der Waals surface area contributed by atoms with Crippen LogP contribution in [0.1, 0.15) is 27.0 Å². The van der Waals surface area contributed by atoms with Crippen molar-refractivity contribution in [3.63, 3.8) is 0 Å². The molecule has 2 aromatic carbocycles. The summed E-state index contributed by atoms with van der Waals surface area (Å²) < 4.78 is 13.7. The molecule has 0 N–H and O–H groups in total. The molecule has 0 heterocycles. The normalized spacial score (nSPS) is 10.4. The topological polar surface area (TPSA) is 17.1 Å². The molecule has 92 valence electrons. The lowest BCUT2D eigenvalue weighted by molar-refractivity contribution is 0.0989. The lowest BCUT2D eigenvalue weighted by Crippen LogP contribution is -2.07. The fourth-order valence-corrected chi connectivity index (χ4v) is 1.92. The Kier molecular flexibility index (Phi) is 3.56. The minimum atomic E-state index is -0.436. The zero-order valence-electron chi connectivity index (χ0n) is 10.5. The second kappa shape index (κ2) is 5.13. The number of Topliss-reactive ketones (excluding diaryl/α,β-unsaturated/α-hetero) is 1. The molecule has 0 amide bonds. The maximum absolute atomic E-state index is 13.7. The molecule has 2 rings (SSSR count). The van der Waals surface area contributed by atoms with Crippen molar-refractivity contribution < 1.29 is 9.18 Å². The fraction of sp³-hybridized carbons (Fsp3) is 0.188. The fourth-order valence-electron chi connectivity index (χ4n) is 1.92. The highest BCUT2D eigenvalue weighted by Gasteiger charge is 2.13. The van der Waals surface area contributed by atoms with Crippen LogP contribution in [0.3, 0.4) is 0 Å². The zero-order valence-corrected chi connectivity index (χ0v) is 10.5. The molecule has 2 heteroatoms. The number of carbonyl (C=O) groups is 1. The van der Waals surface area contributed by atoms with Gasteiger partial charge in [-0.1, -0.05) is 30.3 Å². The molecule has 0 radical (unpaired) electrons. The van der Waals surface area contributed by atoms with Crippen LogP contribution in [0.5, 0.6) is 0 Å². The minimum Gasteiger partial charge on any atom is -0.294 e. The van der Waals surface area contributed by atoms with Gasteiger partial charge in [0.25, 0.3) is 0 Å². The van der Waals surface area contributed by atoms with Gasteiger partial charge in [0, 0.05) is 6.42 Å². The Bertz CT molecular complexity index is 587. The molecular formula is C16H15FO. The van der Waals surface area contributed by atoms with Gasteiger partial charge in [0.05, 0.1) is 5.56 Å². The molecule has 0 aliphatic rings. The standard InChI is InChI=1S/C16H15FO/c1-11-7-8-14(15(17)9-11)16(18)10-13-6-4-3-5-12(13)2/h3-9H,10H2,1-2H3. The molecule has 0 spiro atoms. The molecule has 0 unspecified atom stereocenters. The third-order valence-electron chi connectivity index (χ3n) is 3.04. The van der Waals surface area contributed by atoms with E-state index in [2.05, 4.69) is 0 Å². The Balaban J connectivity index is 2.25. The summed E-state index contributed by atoms with van der Waals surface area (Å²) in [5.74, 6) is -0.615. The Hall–Kier alpha value is -1.96. The second-order valence-electron chi connectivity index (χ2n) is 4.51. The van der Waals surface area contributed by atoms with Crippen molar-refractivity contribution in [3.8, 4) is 0 Å². The van der Waals surface area contributed by atoms with Crippen LogP contribution in [0.15, 0.2) is 42.5 Å². The molecule has 0 aliphatic carbocycles. The lowest BCUT2D eigenvalue weighted by atomic mass is 9.98. The first kappa shape index (κ1) is 12.5. The summed E-state index contributed by atoms with van der Waals surface area (Å²) in [6.45, 7) is 3.76. The highest BCUT2D eigenvalue weighted by Crippen LogP contribution is 2.15. The number of rotatable bonds is 3. The van der Waals surface area contributed by atoms with Crippen LogP contribution in [-0.2, 0) is 6.42 Å². The van der Waals surface area contributed by atoms with Crippen molar-refractivity contribution in [2.24, 2.45) is 0 Å². The first-order valence-corrected chi connectivity index (χ1v) is 5.92. The van der Waals surface area contributed by atoms with E-state index in [4.69, 9.17) is 0 Å². The molecular weight excluding hydrogens is 227 g/mol. The molecule has 0 aliphatic heterocycles. The van der Waals surface area contributed by atoms with Gasteiger partial charge in [-0.05, 0) is 42.7 Å². The van der Waals surface area contributed by atoms with Crippen molar-refractivity contribution in [1.29, 1.82) is 0 Å². The van der Waals surface area contributed by atoms with E-state index < -0.39 is 5.82 Å². The summed E-state index contributed by atoms with van der Waals surface area (Å²) in [4.78, 5) is 12.1. The molecule has 1 nitrogen and oxygen atoms in total. The van der Waals surface area contributed by atoms with Gasteiger partial charge in [-0.2, -0.15) is 0 Å². The number of hydrogen-bond donors (Lipinski definition) is 0. The minimum absolute atomic E-state index is 0.170. The number of benzene rings is 2. The predicted octanol–water partition coefficient (Wildman–Crippen LogP) is 3.87. The third kappa shape index (κ3) is 2.65. The van der Waals surface area contributed by atoms with Crippen molar-refractivity contribution >= 4 is 5.78 Å². The Morgan fingerprint density at radius 2 is 1.83 bits per heavy atom. The smallest absolute Gasteiger partial charge is 0.170 e. The Morgan fingerprint density at radius 1 is 1.11 bits per heavy atom. The average molecular weight is 242 g/mol. The van der Waals surface area contributed by atoms with Crippen LogP contribution in [-0.4, -0.2) is 5.78 Å². The summed E-state index contributed by atoms with van der Waals surface area (Å²) in [6, 6.07) is 12.4. The van der Waals surface area contributed by atoms with Crippen LogP contribution >= 0.6 is 0 Å². The summed E-state index contributed by atoms with van der Waals surface area (Å²) in [5.41, 5.74) is 2.99. The molecule has 2 aromatic rings. The number of aryl methyl sites for hydroxylation is 2. The molecule has 18 heavy (non-hydrogen) atoms. The number of carbonyl (C=O) groups excluding carboxylic acids is 1. The van der Waals surface area contributed by atoms with E-state index in [0.29, 0.717) is 0 Å². The van der Waals surface area contributed by atoms with Gasteiger partial charge in [0.2, 0.25) is 0 Å². The highest BCUT2D eigenvalue weighted by molar-refractivity contribution is 5.97. The lowest BCUT2D eigenvalue weighted by Gasteiger charge is -2.06. The van der Waals surface area contributed by atoms with Crippen molar-refractivity contribution in [3.05, 3.63) is 70.5 Å². The van der Waals surface area contributed by atoms with E-state index in [-0.39, 0.29) is 17.8 Å².